The summed E-state index contributed by atoms with van der Waals surface area (Å²) in [6.07, 6.45) is 0. The third kappa shape index (κ3) is 6.16. The Morgan fingerprint density at radius 3 is 2.61 bits per heavy atom. The van der Waals surface area contributed by atoms with Gasteiger partial charge in [-0.25, -0.2) is 5.43 Å². The molecule has 0 atom stereocenters. The molecule has 31 heavy (non-hydrogen) atoms. The molecule has 1 aromatic heterocycles. The van der Waals surface area contributed by atoms with Crippen LogP contribution in [0.2, 0.25) is 5.02 Å². The fraction of sp³-hybridized carbons (Fsp3) is 0.174. The molecule has 6 nitrogen and oxygen atoms in total. The minimum Gasteiger partial charge on any atom is -0.484 e. The van der Waals surface area contributed by atoms with Crippen molar-refractivity contribution >= 4 is 46.2 Å². The van der Waals surface area contributed by atoms with Crippen LogP contribution >= 0.6 is 22.9 Å². The molecule has 0 spiro atoms. The first-order valence-corrected chi connectivity index (χ1v) is 10.8. The monoisotopic (exact) mass is 455 g/mol. The smallest absolute Gasteiger partial charge is 0.277 e. The maximum atomic E-state index is 12.4. The molecule has 0 saturated heterocycles. The van der Waals surface area contributed by atoms with E-state index < -0.39 is 0 Å². The van der Waals surface area contributed by atoms with E-state index >= 15 is 0 Å². The Morgan fingerprint density at radius 2 is 1.90 bits per heavy atom. The van der Waals surface area contributed by atoms with Crippen LogP contribution in [-0.2, 0) is 4.79 Å². The Balaban J connectivity index is 1.57. The Hall–Kier alpha value is -3.16. The van der Waals surface area contributed by atoms with Gasteiger partial charge in [0.25, 0.3) is 11.8 Å². The molecule has 0 aliphatic heterocycles. The first-order chi connectivity index (χ1) is 14.8. The summed E-state index contributed by atoms with van der Waals surface area (Å²) in [7, 11) is 0. The minimum absolute atomic E-state index is 0.151. The number of carbonyl (C=O) groups is 2. The van der Waals surface area contributed by atoms with Gasteiger partial charge >= 0.3 is 0 Å². The van der Waals surface area contributed by atoms with Crippen molar-refractivity contribution in [2.45, 2.75) is 20.8 Å². The zero-order chi connectivity index (χ0) is 22.4. The number of rotatable bonds is 7. The topological polar surface area (TPSA) is 79.8 Å². The van der Waals surface area contributed by atoms with Gasteiger partial charge < -0.3 is 10.1 Å². The van der Waals surface area contributed by atoms with E-state index in [9.17, 15) is 9.59 Å². The molecule has 0 fully saturated rings. The lowest BCUT2D eigenvalue weighted by molar-refractivity contribution is -0.123. The van der Waals surface area contributed by atoms with E-state index in [1.165, 1.54) is 11.3 Å². The number of halogens is 1. The first kappa shape index (κ1) is 22.5. The standard InChI is InChI=1S/C23H22ClN3O3S/c1-14-9-10-31-22(14)23(29)25-18-6-4-5-17(12-18)16(3)26-27-21(28)13-30-19-7-8-20(24)15(2)11-19/h4-12H,13H2,1-3H3,(H,25,29)(H,27,28). The normalized spacial score (nSPS) is 11.2. The van der Waals surface area contributed by atoms with Crippen molar-refractivity contribution in [3.05, 3.63) is 80.5 Å². The fourth-order valence-corrected chi connectivity index (χ4v) is 3.65. The van der Waals surface area contributed by atoms with Gasteiger partial charge in [-0.1, -0.05) is 23.7 Å². The van der Waals surface area contributed by atoms with Crippen LogP contribution in [0.5, 0.6) is 5.75 Å². The van der Waals surface area contributed by atoms with Gasteiger partial charge in [-0.3, -0.25) is 9.59 Å². The van der Waals surface area contributed by atoms with Crippen molar-refractivity contribution in [1.29, 1.82) is 0 Å². The van der Waals surface area contributed by atoms with E-state index in [1.54, 1.807) is 37.3 Å². The van der Waals surface area contributed by atoms with E-state index in [2.05, 4.69) is 15.8 Å². The Labute approximate surface area is 189 Å². The molecule has 2 N–H and O–H groups in total. The molecule has 3 aromatic rings. The number of anilines is 1. The number of aryl methyl sites for hydroxylation is 2. The van der Waals surface area contributed by atoms with Crippen molar-refractivity contribution in [3.8, 4) is 5.75 Å². The highest BCUT2D eigenvalue weighted by molar-refractivity contribution is 7.12. The van der Waals surface area contributed by atoms with E-state index in [1.807, 2.05) is 37.4 Å². The summed E-state index contributed by atoms with van der Waals surface area (Å²) in [4.78, 5) is 25.1. The number of benzene rings is 2. The molecule has 0 aliphatic rings. The quantitative estimate of drug-likeness (QED) is 0.380. The van der Waals surface area contributed by atoms with Crippen molar-refractivity contribution < 1.29 is 14.3 Å². The van der Waals surface area contributed by atoms with E-state index in [0.29, 0.717) is 27.0 Å². The highest BCUT2D eigenvalue weighted by Gasteiger charge is 2.11. The summed E-state index contributed by atoms with van der Waals surface area (Å²) in [5.41, 5.74) is 6.31. The number of nitrogens with zero attached hydrogens (tertiary/aromatic N) is 1. The van der Waals surface area contributed by atoms with Gasteiger partial charge in [0.1, 0.15) is 5.75 Å². The van der Waals surface area contributed by atoms with E-state index in [-0.39, 0.29) is 18.4 Å². The number of hydrogen-bond donors (Lipinski definition) is 2. The van der Waals surface area contributed by atoms with Crippen LogP contribution < -0.4 is 15.5 Å². The number of hydrogen-bond acceptors (Lipinski definition) is 5. The summed E-state index contributed by atoms with van der Waals surface area (Å²) in [6.45, 7) is 5.36. The SMILES string of the molecule is CC(=NNC(=O)COc1ccc(Cl)c(C)c1)c1cccc(NC(=O)c2sccc2C)c1. The van der Waals surface area contributed by atoms with Crippen LogP contribution in [0.1, 0.15) is 33.3 Å². The lowest BCUT2D eigenvalue weighted by Crippen LogP contribution is -2.25. The van der Waals surface area contributed by atoms with Crippen LogP contribution in [0.4, 0.5) is 5.69 Å². The molecule has 1 heterocycles. The molecular formula is C23H22ClN3O3S. The number of nitrogens with one attached hydrogen (secondary N) is 2. The van der Waals surface area contributed by atoms with Crippen molar-refractivity contribution in [2.75, 3.05) is 11.9 Å². The van der Waals surface area contributed by atoms with Crippen molar-refractivity contribution in [2.24, 2.45) is 5.10 Å². The molecule has 3 rings (SSSR count). The Kier molecular flexibility index (Phi) is 7.44. The fourth-order valence-electron chi connectivity index (χ4n) is 2.71. The first-order valence-electron chi connectivity index (χ1n) is 9.51. The predicted octanol–water partition coefficient (Wildman–Crippen LogP) is 5.19. The number of carbonyl (C=O) groups excluding carboxylic acids is 2. The van der Waals surface area contributed by atoms with Gasteiger partial charge in [0.05, 0.1) is 10.6 Å². The second kappa shape index (κ2) is 10.2. The molecule has 0 aliphatic carbocycles. The van der Waals surface area contributed by atoms with Crippen molar-refractivity contribution in [1.82, 2.24) is 5.43 Å². The van der Waals surface area contributed by atoms with Crippen LogP contribution in [0.15, 0.2) is 59.0 Å². The second-order valence-corrected chi connectivity index (χ2v) is 8.22. The highest BCUT2D eigenvalue weighted by Crippen LogP contribution is 2.21. The Morgan fingerprint density at radius 1 is 1.10 bits per heavy atom. The van der Waals surface area contributed by atoms with Gasteiger partial charge in [-0.15, -0.1) is 11.3 Å². The van der Waals surface area contributed by atoms with Gasteiger partial charge in [0, 0.05) is 10.7 Å². The number of ether oxygens (including phenoxy) is 1. The van der Waals surface area contributed by atoms with Gasteiger partial charge in [0.2, 0.25) is 0 Å². The average Bonchev–Trinajstić information content (AvgIpc) is 3.19. The maximum Gasteiger partial charge on any atom is 0.277 e. The largest absolute Gasteiger partial charge is 0.484 e. The van der Waals surface area contributed by atoms with Gasteiger partial charge in [0.15, 0.2) is 6.61 Å². The Bertz CT molecular complexity index is 1140. The summed E-state index contributed by atoms with van der Waals surface area (Å²) in [6, 6.07) is 14.4. The third-order valence-corrected chi connectivity index (χ3v) is 5.89. The number of amides is 2. The van der Waals surface area contributed by atoms with Crippen molar-refractivity contribution in [3.63, 3.8) is 0 Å². The van der Waals surface area contributed by atoms with E-state index in [4.69, 9.17) is 16.3 Å². The highest BCUT2D eigenvalue weighted by atomic mass is 35.5. The molecule has 2 amide bonds. The zero-order valence-electron chi connectivity index (χ0n) is 17.4. The molecule has 8 heteroatoms. The molecule has 0 radical (unpaired) electrons. The zero-order valence-corrected chi connectivity index (χ0v) is 18.9. The van der Waals surface area contributed by atoms with Crippen LogP contribution in [0, 0.1) is 13.8 Å². The molecule has 0 bridgehead atoms. The number of thiophene rings is 1. The summed E-state index contributed by atoms with van der Waals surface area (Å²) >= 11 is 7.38. The average molecular weight is 456 g/mol. The lowest BCUT2D eigenvalue weighted by atomic mass is 10.1. The molecule has 0 saturated carbocycles. The summed E-state index contributed by atoms with van der Waals surface area (Å²) < 4.78 is 5.46. The predicted molar refractivity (Wildman–Crippen MR) is 125 cm³/mol. The van der Waals surface area contributed by atoms with Gasteiger partial charge in [-0.05, 0) is 79.2 Å². The molecular weight excluding hydrogens is 434 g/mol. The third-order valence-electron chi connectivity index (χ3n) is 4.45. The minimum atomic E-state index is -0.385. The van der Waals surface area contributed by atoms with Gasteiger partial charge in [-0.2, -0.15) is 5.10 Å². The molecule has 2 aromatic carbocycles. The molecule has 0 unspecified atom stereocenters. The van der Waals surface area contributed by atoms with Crippen LogP contribution in [0.25, 0.3) is 0 Å². The maximum absolute atomic E-state index is 12.4. The summed E-state index contributed by atoms with van der Waals surface area (Å²) in [5.74, 6) is 0.0221. The van der Waals surface area contributed by atoms with Crippen LogP contribution in [-0.4, -0.2) is 24.1 Å². The lowest BCUT2D eigenvalue weighted by Gasteiger charge is -2.08. The molecule has 160 valence electrons. The second-order valence-electron chi connectivity index (χ2n) is 6.90. The summed E-state index contributed by atoms with van der Waals surface area (Å²) in [5, 5.41) is 9.55. The van der Waals surface area contributed by atoms with Crippen LogP contribution in [0.3, 0.4) is 0 Å². The number of hydrazone groups is 1. The van der Waals surface area contributed by atoms with E-state index in [0.717, 1.165) is 16.7 Å².